The number of urea groups is 1. The van der Waals surface area contributed by atoms with E-state index in [1.54, 1.807) is 36.4 Å². The van der Waals surface area contributed by atoms with Crippen molar-refractivity contribution in [3.63, 3.8) is 0 Å². The van der Waals surface area contributed by atoms with Crippen molar-refractivity contribution in [2.24, 2.45) is 0 Å². The Bertz CT molecular complexity index is 1380. The largest absolute Gasteiger partial charge is 0.487 e. The fourth-order valence-electron chi connectivity index (χ4n) is 3.51. The van der Waals surface area contributed by atoms with Crippen LogP contribution in [0.3, 0.4) is 0 Å². The van der Waals surface area contributed by atoms with Gasteiger partial charge in [-0.2, -0.15) is 0 Å². The lowest BCUT2D eigenvalue weighted by molar-refractivity contribution is -0.122. The summed E-state index contributed by atoms with van der Waals surface area (Å²) < 4.78 is 20.6. The molecule has 1 N–H and O–H groups in total. The summed E-state index contributed by atoms with van der Waals surface area (Å²) in [5.41, 5.74) is 3.39. The number of halogens is 3. The van der Waals surface area contributed by atoms with Crippen molar-refractivity contribution in [3.8, 4) is 5.75 Å². The molecule has 4 amide bonds. The van der Waals surface area contributed by atoms with Crippen LogP contribution in [0.2, 0.25) is 0 Å². The summed E-state index contributed by atoms with van der Waals surface area (Å²) in [6.07, 6.45) is 1.43. The number of aryl methyl sites for hydroxylation is 2. The van der Waals surface area contributed by atoms with E-state index in [2.05, 4.69) is 43.8 Å². The first-order chi connectivity index (χ1) is 16.6. The third kappa shape index (κ3) is 5.46. The van der Waals surface area contributed by atoms with Crippen molar-refractivity contribution in [1.82, 2.24) is 5.32 Å². The van der Waals surface area contributed by atoms with Gasteiger partial charge in [-0.15, -0.1) is 0 Å². The summed E-state index contributed by atoms with van der Waals surface area (Å²) >= 11 is 5.55. The second-order valence-corrected chi connectivity index (χ2v) is 9.98. The van der Waals surface area contributed by atoms with E-state index in [0.717, 1.165) is 16.0 Å². The molecule has 0 aromatic heterocycles. The van der Waals surface area contributed by atoms with Gasteiger partial charge in [-0.05, 0) is 117 Å². The molecular formula is C26H19BrFIN2O4. The minimum absolute atomic E-state index is 0.167. The Morgan fingerprint density at radius 2 is 1.83 bits per heavy atom. The maximum Gasteiger partial charge on any atom is 0.335 e. The first-order valence-electron chi connectivity index (χ1n) is 10.5. The van der Waals surface area contributed by atoms with Crippen molar-refractivity contribution in [3.05, 3.63) is 96.3 Å². The smallest absolute Gasteiger partial charge is 0.335 e. The van der Waals surface area contributed by atoms with Crippen molar-refractivity contribution >= 4 is 68.1 Å². The summed E-state index contributed by atoms with van der Waals surface area (Å²) in [5.74, 6) is -1.27. The number of benzene rings is 3. The van der Waals surface area contributed by atoms with Crippen LogP contribution < -0.4 is 15.0 Å². The Kier molecular flexibility index (Phi) is 7.36. The topological polar surface area (TPSA) is 75.7 Å². The minimum Gasteiger partial charge on any atom is -0.487 e. The van der Waals surface area contributed by atoms with Gasteiger partial charge in [0.25, 0.3) is 11.8 Å². The molecule has 4 rings (SSSR count). The Hall–Kier alpha value is -3.05. The molecule has 1 fully saturated rings. The van der Waals surface area contributed by atoms with Crippen LogP contribution >= 0.6 is 38.5 Å². The van der Waals surface area contributed by atoms with E-state index in [1.807, 2.05) is 19.9 Å². The zero-order chi connectivity index (χ0) is 25.3. The van der Waals surface area contributed by atoms with E-state index in [9.17, 15) is 18.8 Å². The third-order valence-corrected chi connectivity index (χ3v) is 6.84. The van der Waals surface area contributed by atoms with Crippen molar-refractivity contribution < 1.29 is 23.5 Å². The second kappa shape index (κ2) is 10.3. The van der Waals surface area contributed by atoms with Crippen LogP contribution in [0.1, 0.15) is 22.3 Å². The van der Waals surface area contributed by atoms with Crippen LogP contribution in [-0.4, -0.2) is 17.8 Å². The number of anilines is 1. The van der Waals surface area contributed by atoms with Crippen LogP contribution in [0.4, 0.5) is 14.9 Å². The molecule has 35 heavy (non-hydrogen) atoms. The number of imide groups is 2. The lowest BCUT2D eigenvalue weighted by atomic mass is 10.1. The maximum atomic E-state index is 13.4. The summed E-state index contributed by atoms with van der Waals surface area (Å²) in [5, 5.41) is 2.24. The molecule has 9 heteroatoms. The van der Waals surface area contributed by atoms with E-state index in [-0.39, 0.29) is 18.0 Å². The number of barbiturate groups is 1. The zero-order valence-electron chi connectivity index (χ0n) is 18.7. The summed E-state index contributed by atoms with van der Waals surface area (Å²) in [4.78, 5) is 39.1. The molecule has 6 nitrogen and oxygen atoms in total. The molecule has 0 atom stereocenters. The molecule has 1 saturated heterocycles. The predicted molar refractivity (Wildman–Crippen MR) is 143 cm³/mol. The first kappa shape index (κ1) is 25.1. The van der Waals surface area contributed by atoms with Gasteiger partial charge in [0.2, 0.25) is 0 Å². The van der Waals surface area contributed by atoms with Gasteiger partial charge in [-0.3, -0.25) is 14.9 Å². The van der Waals surface area contributed by atoms with Gasteiger partial charge in [0.15, 0.2) is 0 Å². The number of hydrogen-bond donors (Lipinski definition) is 1. The molecule has 178 valence electrons. The number of rotatable bonds is 5. The number of amides is 4. The first-order valence-corrected chi connectivity index (χ1v) is 12.4. The van der Waals surface area contributed by atoms with Crippen LogP contribution in [0.25, 0.3) is 6.08 Å². The lowest BCUT2D eigenvalue weighted by Crippen LogP contribution is -2.54. The second-order valence-electron chi connectivity index (χ2n) is 7.96. The minimum atomic E-state index is -0.794. The molecule has 3 aromatic rings. The monoisotopic (exact) mass is 648 g/mol. The Morgan fingerprint density at radius 3 is 2.51 bits per heavy atom. The van der Waals surface area contributed by atoms with E-state index in [0.29, 0.717) is 30.6 Å². The fourth-order valence-corrected chi connectivity index (χ4v) is 5.28. The van der Waals surface area contributed by atoms with Gasteiger partial charge in [0.05, 0.1) is 13.7 Å². The van der Waals surface area contributed by atoms with Crippen LogP contribution in [0.5, 0.6) is 5.75 Å². The number of carbonyl (C=O) groups is 3. The third-order valence-electron chi connectivity index (χ3n) is 5.45. The average molecular weight is 649 g/mol. The Balaban J connectivity index is 1.62. The molecular weight excluding hydrogens is 630 g/mol. The molecule has 1 aliphatic heterocycles. The summed E-state index contributed by atoms with van der Waals surface area (Å²) in [6.45, 7) is 3.97. The van der Waals surface area contributed by atoms with Gasteiger partial charge in [-0.25, -0.2) is 14.1 Å². The highest BCUT2D eigenvalue weighted by atomic mass is 127. The molecule has 0 spiro atoms. The number of nitrogens with one attached hydrogen (secondary N) is 1. The summed E-state index contributed by atoms with van der Waals surface area (Å²) in [7, 11) is 0. The number of ether oxygens (including phenoxy) is 1. The SMILES string of the molecule is Cc1ccc(N2C(=O)NC(=O)/C(=C\c3cc(Br)c(OCc4cccc(F)c4)c(I)c3)C2=O)cc1C. The molecule has 0 aliphatic carbocycles. The van der Waals surface area contributed by atoms with Gasteiger partial charge in [0.1, 0.15) is 23.7 Å². The zero-order valence-corrected chi connectivity index (χ0v) is 22.4. The molecule has 1 aliphatic rings. The van der Waals surface area contributed by atoms with E-state index in [4.69, 9.17) is 4.74 Å². The van der Waals surface area contributed by atoms with E-state index in [1.165, 1.54) is 18.2 Å². The van der Waals surface area contributed by atoms with Crippen molar-refractivity contribution in [1.29, 1.82) is 0 Å². The van der Waals surface area contributed by atoms with Crippen LogP contribution in [0.15, 0.2) is 64.6 Å². The molecule has 0 bridgehead atoms. The maximum absolute atomic E-state index is 13.4. The Labute approximate surface area is 223 Å². The number of hydrogen-bond acceptors (Lipinski definition) is 4. The number of carbonyl (C=O) groups excluding carboxylic acids is 3. The van der Waals surface area contributed by atoms with Gasteiger partial charge in [-0.1, -0.05) is 18.2 Å². The lowest BCUT2D eigenvalue weighted by Gasteiger charge is -2.27. The highest BCUT2D eigenvalue weighted by Gasteiger charge is 2.37. The standard InChI is InChI=1S/C26H19BrFIN2O4/c1-14-6-7-19(8-15(14)2)31-25(33)20(24(32)30-26(31)34)10-17-11-21(27)23(22(29)12-17)35-13-16-4-3-5-18(28)9-16/h3-12H,13H2,1-2H3,(H,30,32,34)/b20-10+. The van der Waals surface area contributed by atoms with Gasteiger partial charge < -0.3 is 4.74 Å². The van der Waals surface area contributed by atoms with Crippen molar-refractivity contribution in [2.75, 3.05) is 4.90 Å². The normalized spacial score (nSPS) is 14.9. The van der Waals surface area contributed by atoms with Crippen molar-refractivity contribution in [2.45, 2.75) is 20.5 Å². The quantitative estimate of drug-likeness (QED) is 0.208. The predicted octanol–water partition coefficient (Wildman–Crippen LogP) is 6.06. The van der Waals surface area contributed by atoms with Crippen LogP contribution in [0, 0.1) is 23.2 Å². The fraction of sp³-hybridized carbons (Fsp3) is 0.115. The molecule has 3 aromatic carbocycles. The highest BCUT2D eigenvalue weighted by molar-refractivity contribution is 14.1. The van der Waals surface area contributed by atoms with E-state index < -0.39 is 17.8 Å². The van der Waals surface area contributed by atoms with Gasteiger partial charge in [0, 0.05) is 0 Å². The molecule has 1 heterocycles. The average Bonchev–Trinajstić information content (AvgIpc) is 2.78. The Morgan fingerprint density at radius 1 is 1.06 bits per heavy atom. The highest BCUT2D eigenvalue weighted by Crippen LogP contribution is 2.34. The molecule has 0 saturated carbocycles. The van der Waals surface area contributed by atoms with Gasteiger partial charge >= 0.3 is 6.03 Å². The van der Waals surface area contributed by atoms with E-state index >= 15 is 0 Å². The molecule has 0 radical (unpaired) electrons. The molecule has 0 unspecified atom stereocenters. The summed E-state index contributed by atoms with van der Waals surface area (Å²) in [6, 6.07) is 14.0. The number of nitrogens with zero attached hydrogens (tertiary/aromatic N) is 1. The van der Waals surface area contributed by atoms with Crippen LogP contribution in [-0.2, 0) is 16.2 Å².